The fraction of sp³-hybridized carbons (Fsp3) is 0.333. The molecule has 0 saturated carbocycles. The molecule has 0 radical (unpaired) electrons. The smallest absolute Gasteiger partial charge is 0.228 e. The molecule has 0 spiro atoms. The van der Waals surface area contributed by atoms with Crippen LogP contribution >= 0.6 is 15.9 Å². The summed E-state index contributed by atoms with van der Waals surface area (Å²) in [6.07, 6.45) is 3.51. The molecule has 1 aromatic rings. The number of carbonyl (C=O) groups is 1. The molecule has 1 saturated heterocycles. The molecule has 2 rings (SSSR count). The number of hydrogen-bond acceptors (Lipinski definition) is 4. The maximum atomic E-state index is 11.6. The molecule has 4 N–H and O–H groups in total. The fourth-order valence-electron chi connectivity index (χ4n) is 1.68. The first-order valence-corrected chi connectivity index (χ1v) is 5.34. The zero-order valence-electron chi connectivity index (χ0n) is 7.98. The van der Waals surface area contributed by atoms with Gasteiger partial charge in [0.25, 0.3) is 0 Å². The van der Waals surface area contributed by atoms with Crippen molar-refractivity contribution in [1.82, 2.24) is 4.98 Å². The molecule has 1 aliphatic heterocycles. The second kappa shape index (κ2) is 3.79. The molecular weight excluding hydrogens is 260 g/mol. The zero-order valence-corrected chi connectivity index (χ0v) is 9.57. The van der Waals surface area contributed by atoms with Gasteiger partial charge in [-0.3, -0.25) is 9.78 Å². The second-order valence-electron chi connectivity index (χ2n) is 3.53. The van der Waals surface area contributed by atoms with Gasteiger partial charge in [-0.05, 0) is 15.9 Å². The fourth-order valence-corrected chi connectivity index (χ4v) is 2.24. The molecule has 1 atom stereocenters. The van der Waals surface area contributed by atoms with Crippen LogP contribution < -0.4 is 16.4 Å². The van der Waals surface area contributed by atoms with Gasteiger partial charge in [0.2, 0.25) is 5.91 Å². The summed E-state index contributed by atoms with van der Waals surface area (Å²) in [4.78, 5) is 17.2. The van der Waals surface area contributed by atoms with Crippen molar-refractivity contribution < 1.29 is 4.79 Å². The molecule has 0 bridgehead atoms. The van der Waals surface area contributed by atoms with Crippen molar-refractivity contribution in [3.05, 3.63) is 16.9 Å². The Morgan fingerprint density at radius 2 is 2.27 bits per heavy atom. The van der Waals surface area contributed by atoms with Crippen molar-refractivity contribution in [2.24, 2.45) is 5.73 Å². The Bertz CT molecular complexity index is 389. The highest BCUT2D eigenvalue weighted by Gasteiger charge is 2.30. The van der Waals surface area contributed by atoms with Gasteiger partial charge in [-0.15, -0.1) is 0 Å². The van der Waals surface area contributed by atoms with Crippen LogP contribution in [-0.4, -0.2) is 23.5 Å². The number of nitrogens with two attached hydrogens (primary N) is 2. The van der Waals surface area contributed by atoms with E-state index in [1.165, 1.54) is 6.20 Å². The summed E-state index contributed by atoms with van der Waals surface area (Å²) in [7, 11) is 0. The van der Waals surface area contributed by atoms with Gasteiger partial charge in [0.15, 0.2) is 0 Å². The van der Waals surface area contributed by atoms with Crippen molar-refractivity contribution >= 4 is 33.2 Å². The molecule has 1 aliphatic rings. The zero-order chi connectivity index (χ0) is 11.0. The summed E-state index contributed by atoms with van der Waals surface area (Å²) in [6.45, 7) is 0.506. The lowest BCUT2D eigenvalue weighted by Gasteiger charge is -2.19. The molecule has 80 valence electrons. The summed E-state index contributed by atoms with van der Waals surface area (Å²) in [6, 6.07) is -0.114. The van der Waals surface area contributed by atoms with E-state index in [1.807, 2.05) is 0 Å². The van der Waals surface area contributed by atoms with Crippen LogP contribution in [0.15, 0.2) is 16.9 Å². The van der Waals surface area contributed by atoms with Gasteiger partial charge in [0.05, 0.1) is 22.0 Å². The lowest BCUT2D eigenvalue weighted by molar-refractivity contribution is -0.117. The van der Waals surface area contributed by atoms with Crippen LogP contribution in [0.25, 0.3) is 0 Å². The van der Waals surface area contributed by atoms with E-state index < -0.39 is 0 Å². The number of nitrogen functional groups attached to an aromatic ring is 1. The minimum absolute atomic E-state index is 0.00102. The average Bonchev–Trinajstić information content (AvgIpc) is 2.45. The number of nitrogens with zero attached hydrogens (tertiary/aromatic N) is 2. The average molecular weight is 271 g/mol. The van der Waals surface area contributed by atoms with E-state index >= 15 is 0 Å². The number of amides is 1. The van der Waals surface area contributed by atoms with Crippen LogP contribution in [0.4, 0.5) is 11.4 Å². The van der Waals surface area contributed by atoms with Crippen molar-refractivity contribution in [1.29, 1.82) is 0 Å². The largest absolute Gasteiger partial charge is 0.396 e. The van der Waals surface area contributed by atoms with Gasteiger partial charge in [-0.2, -0.15) is 0 Å². The predicted octanol–water partition coefficient (Wildman–Crippen LogP) is 0.490. The number of pyridine rings is 1. The minimum Gasteiger partial charge on any atom is -0.396 e. The highest BCUT2D eigenvalue weighted by atomic mass is 79.9. The molecule has 1 fully saturated rings. The highest BCUT2D eigenvalue weighted by molar-refractivity contribution is 9.10. The van der Waals surface area contributed by atoms with Crippen molar-refractivity contribution in [2.75, 3.05) is 17.2 Å². The summed E-state index contributed by atoms with van der Waals surface area (Å²) in [5, 5.41) is 0. The third kappa shape index (κ3) is 1.82. The van der Waals surface area contributed by atoms with Crippen LogP contribution in [0.2, 0.25) is 0 Å². The van der Waals surface area contributed by atoms with Crippen LogP contribution in [0.1, 0.15) is 6.42 Å². The Morgan fingerprint density at radius 3 is 2.80 bits per heavy atom. The number of halogens is 1. The van der Waals surface area contributed by atoms with Crippen LogP contribution in [0.3, 0.4) is 0 Å². The lowest BCUT2D eigenvalue weighted by atomic mass is 10.3. The van der Waals surface area contributed by atoms with Gasteiger partial charge in [-0.25, -0.2) is 0 Å². The summed E-state index contributed by atoms with van der Waals surface area (Å²) in [5.41, 5.74) is 12.6. The first-order chi connectivity index (χ1) is 7.09. The molecule has 1 amide bonds. The number of hydrogen-bond donors (Lipinski definition) is 2. The van der Waals surface area contributed by atoms with Crippen LogP contribution in [0.5, 0.6) is 0 Å². The molecule has 2 heterocycles. The number of rotatable bonds is 1. The van der Waals surface area contributed by atoms with Crippen LogP contribution in [-0.2, 0) is 4.79 Å². The first-order valence-electron chi connectivity index (χ1n) is 4.54. The molecule has 6 heteroatoms. The van der Waals surface area contributed by atoms with Gasteiger partial charge in [0.1, 0.15) is 0 Å². The van der Waals surface area contributed by atoms with Gasteiger partial charge in [0, 0.05) is 25.2 Å². The quantitative estimate of drug-likeness (QED) is 0.778. The van der Waals surface area contributed by atoms with Gasteiger partial charge in [-0.1, -0.05) is 0 Å². The number of carbonyl (C=O) groups excluding carboxylic acids is 1. The van der Waals surface area contributed by atoms with E-state index in [0.29, 0.717) is 28.8 Å². The molecular formula is C9H11BrN4O. The topological polar surface area (TPSA) is 85.2 Å². The summed E-state index contributed by atoms with van der Waals surface area (Å²) < 4.78 is 0.713. The predicted molar refractivity (Wildman–Crippen MR) is 61.3 cm³/mol. The normalized spacial score (nSPS) is 21.1. The molecule has 0 aliphatic carbocycles. The second-order valence-corrected chi connectivity index (χ2v) is 4.38. The third-order valence-electron chi connectivity index (χ3n) is 2.33. The van der Waals surface area contributed by atoms with Crippen molar-refractivity contribution in [2.45, 2.75) is 12.5 Å². The lowest BCUT2D eigenvalue weighted by Crippen LogP contribution is -2.29. The Hall–Kier alpha value is -1.14. The van der Waals surface area contributed by atoms with E-state index in [1.54, 1.807) is 11.1 Å². The van der Waals surface area contributed by atoms with Gasteiger partial charge >= 0.3 is 0 Å². The maximum Gasteiger partial charge on any atom is 0.228 e. The standard InChI is InChI=1S/C9H11BrN4O/c10-6-2-13-3-7(12)9(6)14-4-5(11)1-8(14)15/h2-3,5H,1,4,11-12H2. The van der Waals surface area contributed by atoms with E-state index in [2.05, 4.69) is 20.9 Å². The molecule has 5 nitrogen and oxygen atoms in total. The third-order valence-corrected chi connectivity index (χ3v) is 2.91. The van der Waals surface area contributed by atoms with Crippen LogP contribution in [0, 0.1) is 0 Å². The minimum atomic E-state index is -0.114. The molecule has 0 aromatic carbocycles. The number of anilines is 2. The SMILES string of the molecule is Nc1cncc(Br)c1N1CC(N)CC1=O. The van der Waals surface area contributed by atoms with E-state index in [9.17, 15) is 4.79 Å². The molecule has 1 unspecified atom stereocenters. The van der Waals surface area contributed by atoms with E-state index in [-0.39, 0.29) is 11.9 Å². The Kier molecular flexibility index (Phi) is 2.62. The monoisotopic (exact) mass is 270 g/mol. The van der Waals surface area contributed by atoms with E-state index in [4.69, 9.17) is 11.5 Å². The maximum absolute atomic E-state index is 11.6. The summed E-state index contributed by atoms with van der Waals surface area (Å²) in [5.74, 6) is 0.00102. The van der Waals surface area contributed by atoms with Gasteiger partial charge < -0.3 is 16.4 Å². The Balaban J connectivity index is 2.41. The highest BCUT2D eigenvalue weighted by Crippen LogP contribution is 2.33. The van der Waals surface area contributed by atoms with E-state index in [0.717, 1.165) is 0 Å². The number of aromatic nitrogens is 1. The van der Waals surface area contributed by atoms with Crippen molar-refractivity contribution in [3.8, 4) is 0 Å². The molecule has 15 heavy (non-hydrogen) atoms. The molecule has 1 aromatic heterocycles. The van der Waals surface area contributed by atoms with Crippen molar-refractivity contribution in [3.63, 3.8) is 0 Å². The summed E-state index contributed by atoms with van der Waals surface area (Å²) >= 11 is 3.33. The Morgan fingerprint density at radius 1 is 1.53 bits per heavy atom. The first kappa shape index (κ1) is 10.4. The Labute approximate surface area is 95.6 Å².